The fourth-order valence-electron chi connectivity index (χ4n) is 5.53. The van der Waals surface area contributed by atoms with E-state index in [1.165, 1.54) is 36.4 Å². The molecule has 2 saturated heterocycles. The van der Waals surface area contributed by atoms with Crippen LogP contribution in [-0.2, 0) is 29.7 Å². The van der Waals surface area contributed by atoms with E-state index in [1.54, 1.807) is 0 Å². The summed E-state index contributed by atoms with van der Waals surface area (Å²) in [6, 6.07) is 8.02. The predicted molar refractivity (Wildman–Crippen MR) is 205 cm³/mol. The highest BCUT2D eigenvalue weighted by Crippen LogP contribution is 2.29. The smallest absolute Gasteiger partial charge is 0.295 e. The number of benzene rings is 2. The Balaban J connectivity index is 1.27. The molecule has 0 radical (unpaired) electrons. The number of ether oxygens (including phenoxy) is 2. The molecule has 0 spiro atoms. The SMILES string of the molecule is O=S(=O)(O)c1cc(Nc2nc(NCCO)nc(N3CCOCC3)n2)ccc1/C=C/c1ccc(Nc2nc(NCCO)nc(N3CCOCC3)n2)cc1S(=O)(=O)O. The molecule has 2 fully saturated rings. The van der Waals surface area contributed by atoms with Crippen LogP contribution in [0, 0.1) is 0 Å². The number of morpholine rings is 2. The van der Waals surface area contributed by atoms with Crippen LogP contribution in [0.25, 0.3) is 12.2 Å². The summed E-state index contributed by atoms with van der Waals surface area (Å²) in [6.45, 7) is 3.94. The number of nitrogens with zero attached hydrogens (tertiary/aromatic N) is 8. The summed E-state index contributed by atoms with van der Waals surface area (Å²) in [5.41, 5.74) is 0.335. The molecule has 4 aromatic rings. The van der Waals surface area contributed by atoms with Crippen molar-refractivity contribution in [2.24, 2.45) is 0 Å². The van der Waals surface area contributed by atoms with Crippen molar-refractivity contribution >= 4 is 79.5 Å². The quantitative estimate of drug-likeness (QED) is 0.0570. The van der Waals surface area contributed by atoms with Gasteiger partial charge in [0.25, 0.3) is 20.2 Å². The van der Waals surface area contributed by atoms with Gasteiger partial charge in [0.2, 0.25) is 35.7 Å². The second-order valence-electron chi connectivity index (χ2n) is 12.1. The molecule has 0 amide bonds. The maximum atomic E-state index is 12.6. The minimum atomic E-state index is -4.83. The van der Waals surface area contributed by atoms with E-state index >= 15 is 0 Å². The van der Waals surface area contributed by atoms with Crippen molar-refractivity contribution < 1.29 is 45.6 Å². The topological polar surface area (TPSA) is 300 Å². The van der Waals surface area contributed by atoms with Gasteiger partial charge < -0.3 is 50.8 Å². The standard InChI is InChI=1S/C32H40N12O10S2/c45-13-7-33-27-37-29(41-31(39-27)43-9-15-53-16-10-43)35-23-5-3-21(25(19-23)55(47,48)49)1-2-22-4-6-24(20-26(22)56(50,51)52)36-30-38-28(34-8-14-46)40-32(42-30)44-11-17-54-18-12-44/h1-6,19-20,45-46H,7-18H2,(H,47,48,49)(H,50,51,52)(H2,33,35,37,39,41)(H2,34,36,38,40,42)/b2-1+. The van der Waals surface area contributed by atoms with Gasteiger partial charge in [-0.25, -0.2) is 0 Å². The lowest BCUT2D eigenvalue weighted by Gasteiger charge is -2.27. The fourth-order valence-corrected chi connectivity index (χ4v) is 6.95. The van der Waals surface area contributed by atoms with E-state index in [1.807, 2.05) is 9.80 Å². The molecule has 24 heteroatoms. The summed E-state index contributed by atoms with van der Waals surface area (Å²) in [4.78, 5) is 29.0. The molecule has 0 saturated carbocycles. The molecule has 0 atom stereocenters. The van der Waals surface area contributed by atoms with Crippen LogP contribution >= 0.6 is 0 Å². The number of hydrogen-bond donors (Lipinski definition) is 8. The molecule has 300 valence electrons. The Labute approximate surface area is 321 Å². The van der Waals surface area contributed by atoms with Gasteiger partial charge in [-0.1, -0.05) is 24.3 Å². The Bertz CT molecular complexity index is 2100. The van der Waals surface area contributed by atoms with Gasteiger partial charge in [0.15, 0.2) is 0 Å². The molecule has 2 aromatic carbocycles. The van der Waals surface area contributed by atoms with Crippen molar-refractivity contribution in [1.82, 2.24) is 29.9 Å². The van der Waals surface area contributed by atoms with Crippen LogP contribution in [-0.4, -0.2) is 145 Å². The average Bonchev–Trinajstić information content (AvgIpc) is 3.19. The van der Waals surface area contributed by atoms with Gasteiger partial charge in [-0.3, -0.25) is 9.11 Å². The summed E-state index contributed by atoms with van der Waals surface area (Å²) in [6.07, 6.45) is 2.53. The van der Waals surface area contributed by atoms with E-state index in [4.69, 9.17) is 9.47 Å². The van der Waals surface area contributed by atoms with Crippen LogP contribution in [0.1, 0.15) is 11.1 Å². The third-order valence-corrected chi connectivity index (χ3v) is 9.98. The van der Waals surface area contributed by atoms with Gasteiger partial charge in [0.05, 0.1) is 39.6 Å². The molecule has 0 bridgehead atoms. The fraction of sp³-hybridized carbons (Fsp3) is 0.375. The van der Waals surface area contributed by atoms with E-state index in [0.29, 0.717) is 64.5 Å². The third-order valence-electron chi connectivity index (χ3n) is 8.16. The Hall–Kier alpha value is -5.34. The minimum absolute atomic E-state index is 0.0137. The first-order valence-electron chi connectivity index (χ1n) is 17.2. The number of anilines is 8. The summed E-state index contributed by atoms with van der Waals surface area (Å²) in [7, 11) is -9.66. The largest absolute Gasteiger partial charge is 0.395 e. The van der Waals surface area contributed by atoms with E-state index in [2.05, 4.69) is 51.2 Å². The van der Waals surface area contributed by atoms with E-state index in [9.17, 15) is 36.2 Å². The Morgan fingerprint density at radius 1 is 0.589 bits per heavy atom. The minimum Gasteiger partial charge on any atom is -0.395 e. The van der Waals surface area contributed by atoms with Gasteiger partial charge in [-0.15, -0.1) is 0 Å². The highest BCUT2D eigenvalue weighted by molar-refractivity contribution is 7.86. The van der Waals surface area contributed by atoms with E-state index < -0.39 is 30.0 Å². The molecule has 6 rings (SSSR count). The van der Waals surface area contributed by atoms with Crippen molar-refractivity contribution in [3.8, 4) is 0 Å². The van der Waals surface area contributed by atoms with Gasteiger partial charge in [0, 0.05) is 50.6 Å². The predicted octanol–water partition coefficient (Wildman–Crippen LogP) is 0.689. The molecule has 0 unspecified atom stereocenters. The number of nitrogens with one attached hydrogen (secondary N) is 4. The number of aliphatic hydroxyl groups is 2. The second kappa shape index (κ2) is 18.1. The van der Waals surface area contributed by atoms with Crippen LogP contribution in [0.5, 0.6) is 0 Å². The van der Waals surface area contributed by atoms with Crippen molar-refractivity contribution in [3.63, 3.8) is 0 Å². The maximum absolute atomic E-state index is 12.6. The lowest BCUT2D eigenvalue weighted by molar-refractivity contribution is 0.122. The van der Waals surface area contributed by atoms with Crippen molar-refractivity contribution in [2.75, 3.05) is 110 Å². The molecule has 2 aliphatic rings. The summed E-state index contributed by atoms with van der Waals surface area (Å²) < 4.78 is 81.4. The molecule has 2 aliphatic heterocycles. The molecular formula is C32H40N12O10S2. The zero-order chi connectivity index (χ0) is 39.7. The zero-order valence-corrected chi connectivity index (χ0v) is 31.4. The Kier molecular flexibility index (Phi) is 13.0. The van der Waals surface area contributed by atoms with Crippen molar-refractivity contribution in [3.05, 3.63) is 47.5 Å². The molecule has 4 heterocycles. The molecule has 8 N–H and O–H groups in total. The van der Waals surface area contributed by atoms with Crippen LogP contribution in [0.4, 0.5) is 47.1 Å². The first-order chi connectivity index (χ1) is 26.9. The average molecular weight is 817 g/mol. The van der Waals surface area contributed by atoms with E-state index in [-0.39, 0.29) is 72.6 Å². The molecule has 22 nitrogen and oxygen atoms in total. The first-order valence-corrected chi connectivity index (χ1v) is 20.1. The van der Waals surface area contributed by atoms with Crippen LogP contribution in [0.2, 0.25) is 0 Å². The van der Waals surface area contributed by atoms with Crippen LogP contribution < -0.4 is 31.1 Å². The number of hydrogen-bond acceptors (Lipinski definition) is 20. The third kappa shape index (κ3) is 10.7. The number of aliphatic hydroxyl groups excluding tert-OH is 2. The molecule has 0 aliphatic carbocycles. The first kappa shape index (κ1) is 40.3. The summed E-state index contributed by atoms with van der Waals surface area (Å²) >= 11 is 0. The highest BCUT2D eigenvalue weighted by Gasteiger charge is 2.21. The molecule has 56 heavy (non-hydrogen) atoms. The number of aromatic nitrogens is 6. The summed E-state index contributed by atoms with van der Waals surface area (Å²) in [5, 5.41) is 30.2. The molecular weight excluding hydrogens is 777 g/mol. The Morgan fingerprint density at radius 2 is 0.964 bits per heavy atom. The lowest BCUT2D eigenvalue weighted by atomic mass is 10.1. The zero-order valence-electron chi connectivity index (χ0n) is 29.7. The van der Waals surface area contributed by atoms with Gasteiger partial charge >= 0.3 is 0 Å². The van der Waals surface area contributed by atoms with Crippen LogP contribution in [0.15, 0.2) is 46.2 Å². The summed E-state index contributed by atoms with van der Waals surface area (Å²) in [5.74, 6) is 1.06. The molecule has 2 aromatic heterocycles. The van der Waals surface area contributed by atoms with Crippen molar-refractivity contribution in [1.29, 1.82) is 0 Å². The monoisotopic (exact) mass is 816 g/mol. The van der Waals surface area contributed by atoms with Crippen molar-refractivity contribution in [2.45, 2.75) is 9.79 Å². The van der Waals surface area contributed by atoms with Gasteiger partial charge in [0.1, 0.15) is 9.79 Å². The van der Waals surface area contributed by atoms with E-state index in [0.717, 1.165) is 12.1 Å². The second-order valence-corrected chi connectivity index (χ2v) is 14.9. The number of rotatable bonds is 16. The highest BCUT2D eigenvalue weighted by atomic mass is 32.2. The Morgan fingerprint density at radius 3 is 1.32 bits per heavy atom. The maximum Gasteiger partial charge on any atom is 0.295 e. The van der Waals surface area contributed by atoms with Gasteiger partial charge in [-0.05, 0) is 35.4 Å². The van der Waals surface area contributed by atoms with Crippen LogP contribution in [0.3, 0.4) is 0 Å². The van der Waals surface area contributed by atoms with Gasteiger partial charge in [-0.2, -0.15) is 46.7 Å². The normalized spacial score (nSPS) is 15.2. The lowest BCUT2D eigenvalue weighted by Crippen LogP contribution is -2.37.